The molecule has 0 bridgehead atoms. The van der Waals surface area contributed by atoms with Gasteiger partial charge >= 0.3 is 0 Å². The molecule has 1 amide bonds. The Hall–Kier alpha value is -1.59. The molecule has 1 rings (SSSR count). The lowest BCUT2D eigenvalue weighted by Crippen LogP contribution is -2.26. The Bertz CT molecular complexity index is 478. The molecule has 0 spiro atoms. The van der Waals surface area contributed by atoms with Crippen LogP contribution in [-0.2, 0) is 4.79 Å². The lowest BCUT2D eigenvalue weighted by Gasteiger charge is -2.07. The van der Waals surface area contributed by atoms with Crippen molar-refractivity contribution in [2.45, 2.75) is 0 Å². The second kappa shape index (κ2) is 8.55. The first kappa shape index (κ1) is 16.5. The molecule has 1 aromatic carbocycles. The number of hydrogen-bond donors (Lipinski definition) is 1. The Morgan fingerprint density at radius 2 is 2.25 bits per heavy atom. The van der Waals surface area contributed by atoms with Gasteiger partial charge in [0.05, 0.1) is 11.6 Å². The standard InChI is InChI=1S/C14H18ClFN2O2/c1-18(2)8-3-4-14(19)17-7-9-20-11-5-6-12(15)13(16)10-11/h3-6,10H,7-9H2,1-2H3,(H,17,19)/b4-3+. The molecule has 0 radical (unpaired) electrons. The third-order valence-corrected chi connectivity index (χ3v) is 2.61. The van der Waals surface area contributed by atoms with Crippen molar-refractivity contribution in [3.63, 3.8) is 0 Å². The lowest BCUT2D eigenvalue weighted by atomic mass is 10.3. The van der Waals surface area contributed by atoms with Gasteiger partial charge in [0.25, 0.3) is 0 Å². The zero-order chi connectivity index (χ0) is 15.0. The molecule has 1 N–H and O–H groups in total. The van der Waals surface area contributed by atoms with Crippen molar-refractivity contribution in [1.82, 2.24) is 10.2 Å². The third-order valence-electron chi connectivity index (χ3n) is 2.30. The van der Waals surface area contributed by atoms with Gasteiger partial charge < -0.3 is 15.0 Å². The van der Waals surface area contributed by atoms with Crippen LogP contribution in [0.1, 0.15) is 0 Å². The fourth-order valence-electron chi connectivity index (χ4n) is 1.34. The maximum absolute atomic E-state index is 13.1. The highest BCUT2D eigenvalue weighted by atomic mass is 35.5. The molecule has 0 aliphatic heterocycles. The maximum Gasteiger partial charge on any atom is 0.243 e. The molecule has 6 heteroatoms. The molecule has 0 saturated carbocycles. The van der Waals surface area contributed by atoms with E-state index in [-0.39, 0.29) is 17.5 Å². The Kier molecular flexibility index (Phi) is 7.04. The molecule has 20 heavy (non-hydrogen) atoms. The molecule has 4 nitrogen and oxygen atoms in total. The summed E-state index contributed by atoms with van der Waals surface area (Å²) in [7, 11) is 3.84. The zero-order valence-electron chi connectivity index (χ0n) is 11.5. The van der Waals surface area contributed by atoms with Crippen LogP contribution in [-0.4, -0.2) is 44.6 Å². The van der Waals surface area contributed by atoms with Gasteiger partial charge in [-0.2, -0.15) is 0 Å². The second-order valence-corrected chi connectivity index (χ2v) is 4.79. The van der Waals surface area contributed by atoms with Gasteiger partial charge in [0, 0.05) is 18.7 Å². The maximum atomic E-state index is 13.1. The van der Waals surface area contributed by atoms with Crippen molar-refractivity contribution in [3.05, 3.63) is 41.2 Å². The fraction of sp³-hybridized carbons (Fsp3) is 0.357. The molecular formula is C14H18ClFN2O2. The van der Waals surface area contributed by atoms with Crippen LogP contribution in [0.4, 0.5) is 4.39 Å². The van der Waals surface area contributed by atoms with E-state index >= 15 is 0 Å². The number of rotatable bonds is 7. The SMILES string of the molecule is CN(C)C/C=C/C(=O)NCCOc1ccc(Cl)c(F)c1. The van der Waals surface area contributed by atoms with Crippen LogP contribution in [0.3, 0.4) is 0 Å². The molecule has 0 unspecified atom stereocenters. The molecule has 0 atom stereocenters. The quantitative estimate of drug-likeness (QED) is 0.619. The second-order valence-electron chi connectivity index (χ2n) is 4.38. The third kappa shape index (κ3) is 6.54. The highest BCUT2D eigenvalue weighted by Gasteiger charge is 2.01. The van der Waals surface area contributed by atoms with Crippen molar-refractivity contribution in [2.75, 3.05) is 33.8 Å². The number of amides is 1. The highest BCUT2D eigenvalue weighted by molar-refractivity contribution is 6.30. The van der Waals surface area contributed by atoms with Gasteiger partial charge in [0.2, 0.25) is 5.91 Å². The molecular weight excluding hydrogens is 283 g/mol. The first-order valence-corrected chi connectivity index (χ1v) is 6.54. The largest absolute Gasteiger partial charge is 0.492 e. The van der Waals surface area contributed by atoms with Gasteiger partial charge in [-0.05, 0) is 26.2 Å². The topological polar surface area (TPSA) is 41.6 Å². The molecule has 0 heterocycles. The molecule has 0 aliphatic rings. The average Bonchev–Trinajstić information content (AvgIpc) is 2.38. The van der Waals surface area contributed by atoms with Gasteiger partial charge in [-0.1, -0.05) is 17.7 Å². The van der Waals surface area contributed by atoms with Crippen LogP contribution in [0.5, 0.6) is 5.75 Å². The van der Waals surface area contributed by atoms with E-state index in [1.54, 1.807) is 12.1 Å². The Labute approximate surface area is 123 Å². The van der Waals surface area contributed by atoms with E-state index in [0.717, 1.165) is 0 Å². The first-order chi connectivity index (χ1) is 9.49. The predicted octanol–water partition coefficient (Wildman–Crippen LogP) is 2.09. The van der Waals surface area contributed by atoms with Crippen LogP contribution in [0.2, 0.25) is 5.02 Å². The summed E-state index contributed by atoms with van der Waals surface area (Å²) >= 11 is 5.56. The number of likely N-dealkylation sites (N-methyl/N-ethyl adjacent to an activating group) is 1. The Morgan fingerprint density at radius 3 is 2.90 bits per heavy atom. The van der Waals surface area contributed by atoms with Crippen molar-refractivity contribution < 1.29 is 13.9 Å². The summed E-state index contributed by atoms with van der Waals surface area (Å²) in [5, 5.41) is 2.72. The summed E-state index contributed by atoms with van der Waals surface area (Å²) in [5.74, 6) is -0.332. The van der Waals surface area contributed by atoms with Gasteiger partial charge in [-0.3, -0.25) is 4.79 Å². The Morgan fingerprint density at radius 1 is 1.50 bits per heavy atom. The van der Waals surface area contributed by atoms with E-state index in [1.165, 1.54) is 18.2 Å². The molecule has 0 aromatic heterocycles. The number of nitrogens with one attached hydrogen (secondary N) is 1. The number of carbonyl (C=O) groups excluding carboxylic acids is 1. The van der Waals surface area contributed by atoms with Crippen LogP contribution in [0, 0.1) is 5.82 Å². The Balaban J connectivity index is 2.22. The van der Waals surface area contributed by atoms with E-state index in [2.05, 4.69) is 5.32 Å². The fourth-order valence-corrected chi connectivity index (χ4v) is 1.46. The van der Waals surface area contributed by atoms with Gasteiger partial charge in [0.15, 0.2) is 0 Å². The van der Waals surface area contributed by atoms with E-state index < -0.39 is 5.82 Å². The van der Waals surface area contributed by atoms with Crippen molar-refractivity contribution in [1.29, 1.82) is 0 Å². The molecule has 110 valence electrons. The smallest absolute Gasteiger partial charge is 0.243 e. The summed E-state index contributed by atoms with van der Waals surface area (Å²) in [6.07, 6.45) is 3.24. The molecule has 1 aromatic rings. The highest BCUT2D eigenvalue weighted by Crippen LogP contribution is 2.20. The van der Waals surface area contributed by atoms with Crippen LogP contribution in [0.25, 0.3) is 0 Å². The number of benzene rings is 1. The van der Waals surface area contributed by atoms with Gasteiger partial charge in [0.1, 0.15) is 18.2 Å². The summed E-state index contributed by atoms with van der Waals surface area (Å²) in [6, 6.07) is 4.21. The monoisotopic (exact) mass is 300 g/mol. The van der Waals surface area contributed by atoms with Crippen molar-refractivity contribution in [3.8, 4) is 5.75 Å². The zero-order valence-corrected chi connectivity index (χ0v) is 12.3. The minimum atomic E-state index is -0.528. The summed E-state index contributed by atoms with van der Waals surface area (Å²) in [6.45, 7) is 1.30. The number of ether oxygens (including phenoxy) is 1. The van der Waals surface area contributed by atoms with Crippen LogP contribution in [0.15, 0.2) is 30.4 Å². The van der Waals surface area contributed by atoms with Gasteiger partial charge in [-0.15, -0.1) is 0 Å². The van der Waals surface area contributed by atoms with Crippen molar-refractivity contribution in [2.24, 2.45) is 0 Å². The number of hydrogen-bond acceptors (Lipinski definition) is 3. The minimum Gasteiger partial charge on any atom is -0.492 e. The number of halogens is 2. The normalized spacial score (nSPS) is 11.1. The molecule has 0 saturated heterocycles. The number of nitrogens with zero attached hydrogens (tertiary/aromatic N) is 1. The summed E-state index contributed by atoms with van der Waals surface area (Å²) in [4.78, 5) is 13.3. The summed E-state index contributed by atoms with van der Waals surface area (Å²) < 4.78 is 18.4. The number of carbonyl (C=O) groups is 1. The first-order valence-electron chi connectivity index (χ1n) is 6.16. The molecule has 0 fully saturated rings. The predicted molar refractivity (Wildman–Crippen MR) is 77.6 cm³/mol. The van der Waals surface area contributed by atoms with E-state index in [0.29, 0.717) is 18.8 Å². The van der Waals surface area contributed by atoms with E-state index in [1.807, 2.05) is 19.0 Å². The van der Waals surface area contributed by atoms with Gasteiger partial charge in [-0.25, -0.2) is 4.39 Å². The lowest BCUT2D eigenvalue weighted by molar-refractivity contribution is -0.116. The van der Waals surface area contributed by atoms with E-state index in [4.69, 9.17) is 16.3 Å². The van der Waals surface area contributed by atoms with Crippen LogP contribution < -0.4 is 10.1 Å². The van der Waals surface area contributed by atoms with Crippen molar-refractivity contribution >= 4 is 17.5 Å². The van der Waals surface area contributed by atoms with Crippen LogP contribution >= 0.6 is 11.6 Å². The molecule has 0 aliphatic carbocycles. The average molecular weight is 301 g/mol. The summed E-state index contributed by atoms with van der Waals surface area (Å²) in [5.41, 5.74) is 0. The van der Waals surface area contributed by atoms with E-state index in [9.17, 15) is 9.18 Å². The minimum absolute atomic E-state index is 0.0525.